The summed E-state index contributed by atoms with van der Waals surface area (Å²) >= 11 is 1.76. The molecule has 1 unspecified atom stereocenters. The average Bonchev–Trinajstić information content (AvgIpc) is 3.03. The van der Waals surface area contributed by atoms with E-state index in [2.05, 4.69) is 9.88 Å². The molecule has 1 atom stereocenters. The molecule has 4 nitrogen and oxygen atoms in total. The Hall–Kier alpha value is -1.37. The van der Waals surface area contributed by atoms with Gasteiger partial charge >= 0.3 is 0 Å². The molecule has 6 heteroatoms. The number of aliphatic hydroxyl groups is 1. The predicted octanol–water partition coefficient (Wildman–Crippen LogP) is 3.10. The molecule has 0 bridgehead atoms. The molecule has 1 fully saturated rings. The molecule has 0 saturated carbocycles. The maximum atomic E-state index is 12.9. The molecule has 0 aliphatic carbocycles. The first-order valence-electron chi connectivity index (χ1n) is 8.39. The zero-order chi connectivity index (χ0) is 16.9. The van der Waals surface area contributed by atoms with E-state index in [1.807, 2.05) is 29.9 Å². The van der Waals surface area contributed by atoms with Crippen LogP contribution in [0.4, 0.5) is 4.39 Å². The Morgan fingerprint density at radius 1 is 1.29 bits per heavy atom. The van der Waals surface area contributed by atoms with Crippen molar-refractivity contribution in [2.75, 3.05) is 25.4 Å². The van der Waals surface area contributed by atoms with Gasteiger partial charge in [0.05, 0.1) is 0 Å². The van der Waals surface area contributed by atoms with E-state index in [0.29, 0.717) is 0 Å². The summed E-state index contributed by atoms with van der Waals surface area (Å²) in [6.07, 6.45) is 5.13. The lowest BCUT2D eigenvalue weighted by Crippen LogP contribution is -2.37. The highest BCUT2D eigenvalue weighted by atomic mass is 32.2. The van der Waals surface area contributed by atoms with E-state index in [4.69, 9.17) is 0 Å². The standard InChI is InChI=1S/C18H24FN3OS/c1-21-11-8-20-18(21)17(23)14-6-9-22(10-7-14)12-13-24-16-4-2-15(19)3-5-16/h2-5,8,11,14,17,23H,6-7,9-10,12-13H2,1H3. The highest BCUT2D eigenvalue weighted by Crippen LogP contribution is 2.30. The number of halogens is 1. The Kier molecular flexibility index (Phi) is 5.92. The quantitative estimate of drug-likeness (QED) is 0.814. The van der Waals surface area contributed by atoms with Crippen molar-refractivity contribution in [1.29, 1.82) is 0 Å². The van der Waals surface area contributed by atoms with Crippen LogP contribution in [0.15, 0.2) is 41.6 Å². The number of rotatable bonds is 6. The van der Waals surface area contributed by atoms with Crippen LogP contribution in [0.3, 0.4) is 0 Å². The topological polar surface area (TPSA) is 41.3 Å². The molecule has 0 spiro atoms. The zero-order valence-corrected chi connectivity index (χ0v) is 14.8. The molecule has 1 aromatic carbocycles. The summed E-state index contributed by atoms with van der Waals surface area (Å²) in [4.78, 5) is 7.82. The van der Waals surface area contributed by atoms with Crippen molar-refractivity contribution >= 4 is 11.8 Å². The van der Waals surface area contributed by atoms with E-state index in [0.717, 1.165) is 48.9 Å². The van der Waals surface area contributed by atoms with Crippen LogP contribution in [0.5, 0.6) is 0 Å². The largest absolute Gasteiger partial charge is 0.385 e. The lowest BCUT2D eigenvalue weighted by Gasteiger charge is -2.33. The van der Waals surface area contributed by atoms with E-state index in [1.165, 1.54) is 12.1 Å². The number of thioether (sulfide) groups is 1. The number of benzene rings is 1. The third kappa shape index (κ3) is 4.37. The van der Waals surface area contributed by atoms with Crippen molar-refractivity contribution in [2.24, 2.45) is 13.0 Å². The molecule has 0 radical (unpaired) electrons. The van der Waals surface area contributed by atoms with Crippen molar-refractivity contribution < 1.29 is 9.50 Å². The van der Waals surface area contributed by atoms with Crippen LogP contribution in [0.1, 0.15) is 24.8 Å². The van der Waals surface area contributed by atoms with Gasteiger partial charge in [-0.15, -0.1) is 11.8 Å². The maximum absolute atomic E-state index is 12.9. The number of piperidine rings is 1. The smallest absolute Gasteiger partial charge is 0.137 e. The summed E-state index contributed by atoms with van der Waals surface area (Å²) in [6, 6.07) is 6.67. The normalized spacial score (nSPS) is 18.0. The number of aliphatic hydroxyl groups excluding tert-OH is 1. The first-order chi connectivity index (χ1) is 11.6. The van der Waals surface area contributed by atoms with Gasteiger partial charge in [-0.2, -0.15) is 0 Å². The third-order valence-corrected chi connectivity index (χ3v) is 5.68. The Morgan fingerprint density at radius 2 is 2.00 bits per heavy atom. The van der Waals surface area contributed by atoms with Crippen molar-refractivity contribution in [1.82, 2.24) is 14.5 Å². The molecular formula is C18H24FN3OS. The highest BCUT2D eigenvalue weighted by molar-refractivity contribution is 7.99. The molecule has 2 heterocycles. The highest BCUT2D eigenvalue weighted by Gasteiger charge is 2.28. The zero-order valence-electron chi connectivity index (χ0n) is 13.9. The molecule has 3 rings (SSSR count). The van der Waals surface area contributed by atoms with Gasteiger partial charge in [-0.1, -0.05) is 0 Å². The maximum Gasteiger partial charge on any atom is 0.137 e. The number of aryl methyl sites for hydroxylation is 1. The Bertz CT molecular complexity index is 638. The van der Waals surface area contributed by atoms with Crippen LogP contribution in [-0.2, 0) is 7.05 Å². The van der Waals surface area contributed by atoms with E-state index < -0.39 is 6.10 Å². The van der Waals surface area contributed by atoms with Crippen LogP contribution in [-0.4, -0.2) is 44.9 Å². The fraction of sp³-hybridized carbons (Fsp3) is 0.500. The Morgan fingerprint density at radius 3 is 2.62 bits per heavy atom. The fourth-order valence-electron chi connectivity index (χ4n) is 3.19. The van der Waals surface area contributed by atoms with E-state index in [1.54, 1.807) is 18.0 Å². The minimum atomic E-state index is -0.472. The monoisotopic (exact) mass is 349 g/mol. The van der Waals surface area contributed by atoms with Gasteiger partial charge in [0.15, 0.2) is 0 Å². The van der Waals surface area contributed by atoms with Crippen molar-refractivity contribution in [3.05, 3.63) is 48.3 Å². The lowest BCUT2D eigenvalue weighted by atomic mass is 9.91. The molecule has 1 aliphatic heterocycles. The second-order valence-corrected chi connectivity index (χ2v) is 7.49. The van der Waals surface area contributed by atoms with E-state index in [9.17, 15) is 9.50 Å². The minimum absolute atomic E-state index is 0.187. The molecule has 1 saturated heterocycles. The van der Waals surface area contributed by atoms with Crippen molar-refractivity contribution in [3.63, 3.8) is 0 Å². The molecular weight excluding hydrogens is 325 g/mol. The number of nitrogens with zero attached hydrogens (tertiary/aromatic N) is 3. The van der Waals surface area contributed by atoms with Crippen LogP contribution in [0.25, 0.3) is 0 Å². The molecule has 24 heavy (non-hydrogen) atoms. The second kappa shape index (κ2) is 8.14. The van der Waals surface area contributed by atoms with E-state index in [-0.39, 0.29) is 11.7 Å². The number of hydrogen-bond acceptors (Lipinski definition) is 4. The summed E-state index contributed by atoms with van der Waals surface area (Å²) in [7, 11) is 1.92. The molecule has 1 aromatic heterocycles. The molecule has 1 aliphatic rings. The lowest BCUT2D eigenvalue weighted by molar-refractivity contribution is 0.0528. The molecule has 1 N–H and O–H groups in total. The summed E-state index contributed by atoms with van der Waals surface area (Å²) in [6.45, 7) is 3.04. The predicted molar refractivity (Wildman–Crippen MR) is 94.5 cm³/mol. The summed E-state index contributed by atoms with van der Waals surface area (Å²) < 4.78 is 14.8. The number of imidazole rings is 1. The van der Waals surface area contributed by atoms with Gasteiger partial charge in [-0.05, 0) is 56.1 Å². The number of hydrogen-bond donors (Lipinski definition) is 1. The van der Waals surface area contributed by atoms with Gasteiger partial charge < -0.3 is 14.6 Å². The third-order valence-electron chi connectivity index (χ3n) is 4.69. The van der Waals surface area contributed by atoms with Crippen LogP contribution < -0.4 is 0 Å². The number of likely N-dealkylation sites (tertiary alicyclic amines) is 1. The Balaban J connectivity index is 1.40. The van der Waals surface area contributed by atoms with Crippen LogP contribution >= 0.6 is 11.8 Å². The average molecular weight is 349 g/mol. The van der Waals surface area contributed by atoms with Crippen LogP contribution in [0.2, 0.25) is 0 Å². The summed E-state index contributed by atoms with van der Waals surface area (Å²) in [5, 5.41) is 10.5. The van der Waals surface area contributed by atoms with Gasteiger partial charge in [0, 0.05) is 36.6 Å². The van der Waals surface area contributed by atoms with Crippen LogP contribution in [0, 0.1) is 11.7 Å². The summed E-state index contributed by atoms with van der Waals surface area (Å²) in [5.74, 6) is 1.86. The fourth-order valence-corrected chi connectivity index (χ4v) is 4.10. The van der Waals surface area contributed by atoms with Gasteiger partial charge in [0.1, 0.15) is 17.7 Å². The minimum Gasteiger partial charge on any atom is -0.385 e. The molecule has 0 amide bonds. The Labute approximate surface area is 146 Å². The molecule has 2 aromatic rings. The summed E-state index contributed by atoms with van der Waals surface area (Å²) in [5.41, 5.74) is 0. The molecule has 130 valence electrons. The number of aromatic nitrogens is 2. The van der Waals surface area contributed by atoms with Crippen molar-refractivity contribution in [3.8, 4) is 0 Å². The van der Waals surface area contributed by atoms with Gasteiger partial charge in [0.25, 0.3) is 0 Å². The SMILES string of the molecule is Cn1ccnc1C(O)C1CCN(CCSc2ccc(F)cc2)CC1. The first-order valence-corrected chi connectivity index (χ1v) is 9.38. The van der Waals surface area contributed by atoms with Gasteiger partial charge in [-0.3, -0.25) is 0 Å². The second-order valence-electron chi connectivity index (χ2n) is 6.32. The van der Waals surface area contributed by atoms with Gasteiger partial charge in [-0.25, -0.2) is 9.37 Å². The van der Waals surface area contributed by atoms with Crippen molar-refractivity contribution in [2.45, 2.75) is 23.8 Å². The van der Waals surface area contributed by atoms with Gasteiger partial charge in [0.2, 0.25) is 0 Å². The first kappa shape index (κ1) is 17.5. The van der Waals surface area contributed by atoms with E-state index >= 15 is 0 Å².